The van der Waals surface area contributed by atoms with Gasteiger partial charge in [-0.1, -0.05) is 55.8 Å². The van der Waals surface area contributed by atoms with E-state index in [1.807, 2.05) is 13.8 Å². The van der Waals surface area contributed by atoms with Gasteiger partial charge in [-0.25, -0.2) is 3.97 Å². The average Bonchev–Trinajstić information content (AvgIpc) is 3.22. The van der Waals surface area contributed by atoms with E-state index in [0.717, 1.165) is 17.1 Å². The molecule has 0 fully saturated rings. The molecule has 0 aliphatic heterocycles. The van der Waals surface area contributed by atoms with Crippen LogP contribution in [0.25, 0.3) is 17.0 Å². The Balaban J connectivity index is 2.18. The molecule has 0 unspecified atom stereocenters. The molecule has 0 aliphatic rings. The molecule has 0 saturated heterocycles. The molecular weight excluding hydrogens is 500 g/mol. The Kier molecular flexibility index (Phi) is 8.94. The highest BCUT2D eigenvalue weighted by Crippen LogP contribution is 2.26. The van der Waals surface area contributed by atoms with Crippen LogP contribution >= 0.6 is 11.6 Å². The van der Waals surface area contributed by atoms with E-state index >= 15 is 0 Å². The molecule has 0 atom stereocenters. The molecule has 0 bridgehead atoms. The van der Waals surface area contributed by atoms with Crippen LogP contribution in [0.2, 0.25) is 5.02 Å². The number of hydrogen-bond acceptors (Lipinski definition) is 4. The van der Waals surface area contributed by atoms with Crippen molar-refractivity contribution >= 4 is 50.6 Å². The highest BCUT2D eigenvalue weighted by Gasteiger charge is 2.24. The van der Waals surface area contributed by atoms with Gasteiger partial charge in [0.2, 0.25) is 0 Å². The summed E-state index contributed by atoms with van der Waals surface area (Å²) in [5.41, 5.74) is 1.20. The summed E-state index contributed by atoms with van der Waals surface area (Å²) < 4.78 is 28.2. The zero-order valence-corrected chi connectivity index (χ0v) is 22.4. The van der Waals surface area contributed by atoms with Gasteiger partial charge >= 0.3 is 10.2 Å². The van der Waals surface area contributed by atoms with Crippen molar-refractivity contribution in [1.29, 1.82) is 0 Å². The Morgan fingerprint density at radius 3 is 2.22 bits per heavy atom. The van der Waals surface area contributed by atoms with E-state index in [0.29, 0.717) is 29.6 Å². The number of rotatable bonds is 10. The van der Waals surface area contributed by atoms with Gasteiger partial charge < -0.3 is 10.2 Å². The first-order chi connectivity index (χ1) is 17.1. The molecule has 1 heterocycles. The van der Waals surface area contributed by atoms with Crippen LogP contribution in [0.4, 0.5) is 0 Å². The predicted molar refractivity (Wildman–Crippen MR) is 144 cm³/mol. The van der Waals surface area contributed by atoms with Gasteiger partial charge in [0, 0.05) is 44.3 Å². The van der Waals surface area contributed by atoms with Gasteiger partial charge in [-0.2, -0.15) is 12.7 Å². The Labute approximate surface area is 217 Å². The number of amides is 2. The number of para-hydroxylation sites is 1. The summed E-state index contributed by atoms with van der Waals surface area (Å²) in [5.74, 6) is -0.885. The van der Waals surface area contributed by atoms with E-state index in [4.69, 9.17) is 11.6 Å². The largest absolute Gasteiger partial charge is 0.337 e. The van der Waals surface area contributed by atoms with E-state index in [9.17, 15) is 18.0 Å². The molecule has 3 aromatic rings. The lowest BCUT2D eigenvalue weighted by Crippen LogP contribution is -2.39. The summed E-state index contributed by atoms with van der Waals surface area (Å²) in [6.07, 6.45) is 4.48. The Hall–Kier alpha value is -3.14. The minimum absolute atomic E-state index is 0.0342. The van der Waals surface area contributed by atoms with E-state index in [1.54, 1.807) is 53.4 Å². The molecule has 8 nitrogen and oxygen atoms in total. The van der Waals surface area contributed by atoms with Crippen LogP contribution in [0.1, 0.15) is 42.6 Å². The van der Waals surface area contributed by atoms with Crippen LogP contribution < -0.4 is 5.32 Å². The van der Waals surface area contributed by atoms with Crippen LogP contribution in [0.15, 0.2) is 60.4 Å². The van der Waals surface area contributed by atoms with E-state index < -0.39 is 16.1 Å². The monoisotopic (exact) mass is 530 g/mol. The summed E-state index contributed by atoms with van der Waals surface area (Å²) >= 11 is 6.22. The first-order valence-electron chi connectivity index (χ1n) is 11.7. The van der Waals surface area contributed by atoms with Gasteiger partial charge in [0.1, 0.15) is 5.70 Å². The van der Waals surface area contributed by atoms with Crippen LogP contribution in [0.5, 0.6) is 0 Å². The zero-order valence-electron chi connectivity index (χ0n) is 20.9. The quantitative estimate of drug-likeness (QED) is 0.394. The van der Waals surface area contributed by atoms with Crippen LogP contribution in [-0.2, 0) is 15.0 Å². The molecule has 0 radical (unpaired) electrons. The summed E-state index contributed by atoms with van der Waals surface area (Å²) in [7, 11) is -0.923. The maximum absolute atomic E-state index is 13.6. The molecule has 2 amide bonds. The van der Waals surface area contributed by atoms with Crippen molar-refractivity contribution in [1.82, 2.24) is 18.5 Å². The fraction of sp³-hybridized carbons (Fsp3) is 0.308. The van der Waals surface area contributed by atoms with Crippen molar-refractivity contribution in [3.63, 3.8) is 0 Å². The second kappa shape index (κ2) is 11.7. The maximum atomic E-state index is 13.6. The molecule has 1 N–H and O–H groups in total. The van der Waals surface area contributed by atoms with Crippen molar-refractivity contribution < 1.29 is 18.0 Å². The molecule has 0 saturated carbocycles. The third-order valence-electron chi connectivity index (χ3n) is 5.59. The van der Waals surface area contributed by atoms with Crippen molar-refractivity contribution in [3.8, 4) is 0 Å². The highest BCUT2D eigenvalue weighted by atomic mass is 35.5. The average molecular weight is 531 g/mol. The van der Waals surface area contributed by atoms with Gasteiger partial charge in [0.05, 0.1) is 16.1 Å². The van der Waals surface area contributed by atoms with Crippen LogP contribution in [0.3, 0.4) is 0 Å². The molecule has 0 aliphatic carbocycles. The molecule has 3 rings (SSSR count). The molecular formula is C26H31ClN4O4S. The van der Waals surface area contributed by atoms with Crippen LogP contribution in [-0.4, -0.2) is 60.6 Å². The van der Waals surface area contributed by atoms with Crippen molar-refractivity contribution in [2.45, 2.75) is 26.7 Å². The minimum atomic E-state index is -3.82. The normalized spacial score (nSPS) is 12.2. The van der Waals surface area contributed by atoms with E-state index in [2.05, 4.69) is 5.32 Å². The minimum Gasteiger partial charge on any atom is -0.337 e. The van der Waals surface area contributed by atoms with Gasteiger partial charge in [-0.15, -0.1) is 0 Å². The number of benzene rings is 2. The summed E-state index contributed by atoms with van der Waals surface area (Å²) in [4.78, 5) is 28.4. The van der Waals surface area contributed by atoms with Crippen molar-refractivity contribution in [2.24, 2.45) is 0 Å². The molecule has 1 aromatic heterocycles. The van der Waals surface area contributed by atoms with Gasteiger partial charge in [0.25, 0.3) is 11.8 Å². The van der Waals surface area contributed by atoms with Gasteiger partial charge in [0.15, 0.2) is 0 Å². The number of nitrogens with zero attached hydrogens (tertiary/aromatic N) is 3. The van der Waals surface area contributed by atoms with Gasteiger partial charge in [-0.3, -0.25) is 9.59 Å². The highest BCUT2D eigenvalue weighted by molar-refractivity contribution is 7.87. The van der Waals surface area contributed by atoms with E-state index in [-0.39, 0.29) is 22.2 Å². The Morgan fingerprint density at radius 2 is 1.61 bits per heavy atom. The summed E-state index contributed by atoms with van der Waals surface area (Å²) in [6, 6.07) is 13.6. The number of nitrogens with one attached hydrogen (secondary N) is 1. The van der Waals surface area contributed by atoms with E-state index in [1.165, 1.54) is 30.3 Å². The predicted octanol–water partition coefficient (Wildman–Crippen LogP) is 4.37. The first-order valence-corrected chi connectivity index (χ1v) is 13.5. The second-order valence-corrected chi connectivity index (χ2v) is 10.9. The number of hydrogen-bond donors (Lipinski definition) is 1. The SMILES string of the molecule is CCCN(CCC)C(=O)C(=Cc1cn(S(=O)(=O)N(C)C)c2ccccc12)NC(=O)c1ccccc1Cl. The van der Waals surface area contributed by atoms with Gasteiger partial charge in [-0.05, 0) is 37.1 Å². The second-order valence-electron chi connectivity index (χ2n) is 8.47. The molecule has 2 aromatic carbocycles. The fourth-order valence-corrected chi connectivity index (χ4v) is 5.05. The number of aromatic nitrogens is 1. The first kappa shape index (κ1) is 27.4. The number of fused-ring (bicyclic) bond motifs is 1. The summed E-state index contributed by atoms with van der Waals surface area (Å²) in [5, 5.41) is 3.61. The maximum Gasteiger partial charge on any atom is 0.307 e. The lowest BCUT2D eigenvalue weighted by atomic mass is 10.1. The number of halogens is 1. The lowest BCUT2D eigenvalue weighted by molar-refractivity contribution is -0.127. The zero-order chi connectivity index (χ0) is 26.5. The number of carbonyl (C=O) groups is 2. The lowest BCUT2D eigenvalue weighted by Gasteiger charge is -2.23. The molecule has 192 valence electrons. The molecule has 0 spiro atoms. The van der Waals surface area contributed by atoms with Crippen molar-refractivity contribution in [3.05, 3.63) is 76.6 Å². The Morgan fingerprint density at radius 1 is 1.00 bits per heavy atom. The number of carbonyl (C=O) groups excluding carboxylic acids is 2. The standard InChI is InChI=1S/C26H31ClN4O4S/c1-5-15-30(16-6-2)26(33)23(28-25(32)21-12-7-9-13-22(21)27)17-19-18-31(36(34,35)29(3)4)24-14-10-8-11-20(19)24/h7-14,17-18H,5-6,15-16H2,1-4H3,(H,28,32). The van der Waals surface area contributed by atoms with Crippen LogP contribution in [0, 0.1) is 0 Å². The van der Waals surface area contributed by atoms with Crippen molar-refractivity contribution in [2.75, 3.05) is 27.2 Å². The topological polar surface area (TPSA) is 91.7 Å². The third kappa shape index (κ3) is 5.80. The summed E-state index contributed by atoms with van der Waals surface area (Å²) in [6.45, 7) is 4.98. The Bertz CT molecular complexity index is 1390. The molecule has 10 heteroatoms. The fourth-order valence-electron chi connectivity index (χ4n) is 3.82. The smallest absolute Gasteiger partial charge is 0.307 e. The molecule has 36 heavy (non-hydrogen) atoms. The third-order valence-corrected chi connectivity index (χ3v) is 7.64.